The number of benzene rings is 2. The number of Topliss-reactive ketones (excluding diaryl/α,β-unsaturated/α-hetero) is 2. The Hall–Kier alpha value is -2.78. The Balaban J connectivity index is 1.31. The molecule has 0 aliphatic carbocycles. The van der Waals surface area contributed by atoms with Gasteiger partial charge in [0, 0.05) is 50.4 Å². The van der Waals surface area contributed by atoms with Gasteiger partial charge in [-0.25, -0.2) is 0 Å². The van der Waals surface area contributed by atoms with Gasteiger partial charge in [0.25, 0.3) is 0 Å². The van der Waals surface area contributed by atoms with Gasteiger partial charge in [0.2, 0.25) is 0 Å². The number of nitrogens with zero attached hydrogens (tertiary/aromatic N) is 2. The SMILES string of the molecule is CC(=O)c1ccc(OC[C@H](O)CN2CCN(C[C@@H](O)COc3ccc(C(C)=O)cc3)CC2)cc1. The van der Waals surface area contributed by atoms with Crippen LogP contribution in [-0.2, 0) is 0 Å². The number of rotatable bonds is 12. The second-order valence-corrected chi connectivity index (χ2v) is 8.69. The second kappa shape index (κ2) is 12.6. The summed E-state index contributed by atoms with van der Waals surface area (Å²) in [5.41, 5.74) is 1.26. The Morgan fingerprint density at radius 3 is 1.32 bits per heavy atom. The highest BCUT2D eigenvalue weighted by molar-refractivity contribution is 5.94. The molecular weight excluding hydrogens is 436 g/mol. The zero-order valence-corrected chi connectivity index (χ0v) is 19.9. The molecule has 1 fully saturated rings. The summed E-state index contributed by atoms with van der Waals surface area (Å²) in [6, 6.07) is 13.8. The predicted molar refractivity (Wildman–Crippen MR) is 129 cm³/mol. The molecule has 1 heterocycles. The first-order valence-electron chi connectivity index (χ1n) is 11.6. The number of ketones is 2. The van der Waals surface area contributed by atoms with Crippen molar-refractivity contribution in [3.8, 4) is 11.5 Å². The van der Waals surface area contributed by atoms with E-state index in [-0.39, 0.29) is 24.8 Å². The predicted octanol–water partition coefficient (Wildman–Crippen LogP) is 1.89. The maximum absolute atomic E-state index is 11.3. The number of aliphatic hydroxyl groups is 2. The monoisotopic (exact) mass is 470 g/mol. The van der Waals surface area contributed by atoms with Crippen molar-refractivity contribution in [3.63, 3.8) is 0 Å². The van der Waals surface area contributed by atoms with E-state index < -0.39 is 12.2 Å². The lowest BCUT2D eigenvalue weighted by atomic mass is 10.1. The van der Waals surface area contributed by atoms with E-state index in [1.54, 1.807) is 48.5 Å². The topological polar surface area (TPSA) is 99.5 Å². The Morgan fingerprint density at radius 2 is 1.03 bits per heavy atom. The molecule has 1 aliphatic heterocycles. The zero-order chi connectivity index (χ0) is 24.5. The normalized spacial score (nSPS) is 16.6. The lowest BCUT2D eigenvalue weighted by Gasteiger charge is -2.36. The van der Waals surface area contributed by atoms with Crippen LogP contribution < -0.4 is 9.47 Å². The summed E-state index contributed by atoms with van der Waals surface area (Å²) in [4.78, 5) is 27.0. The van der Waals surface area contributed by atoms with E-state index in [0.717, 1.165) is 26.2 Å². The molecule has 0 amide bonds. The lowest BCUT2D eigenvalue weighted by molar-refractivity contribution is 0.0240. The minimum atomic E-state index is -0.618. The van der Waals surface area contributed by atoms with Crippen LogP contribution in [-0.4, -0.2) is 96.3 Å². The molecule has 8 heteroatoms. The van der Waals surface area contributed by atoms with Crippen LogP contribution in [0.1, 0.15) is 34.6 Å². The summed E-state index contributed by atoms with van der Waals surface area (Å²) in [5.74, 6) is 1.26. The Morgan fingerprint density at radius 1 is 0.706 bits per heavy atom. The molecule has 2 atom stereocenters. The number of aliphatic hydroxyl groups excluding tert-OH is 2. The third-order valence-corrected chi connectivity index (χ3v) is 5.81. The number of carbonyl (C=O) groups excluding carboxylic acids is 2. The first-order chi connectivity index (χ1) is 16.3. The van der Waals surface area contributed by atoms with E-state index in [1.165, 1.54) is 13.8 Å². The van der Waals surface area contributed by atoms with Gasteiger partial charge in [0.1, 0.15) is 36.9 Å². The Bertz CT molecular complexity index is 846. The molecule has 0 unspecified atom stereocenters. The van der Waals surface area contributed by atoms with Crippen LogP contribution in [0.3, 0.4) is 0 Å². The summed E-state index contributed by atoms with van der Waals surface area (Å²) in [6.07, 6.45) is -1.24. The molecule has 2 N–H and O–H groups in total. The highest BCUT2D eigenvalue weighted by atomic mass is 16.5. The van der Waals surface area contributed by atoms with Gasteiger partial charge in [-0.05, 0) is 62.4 Å². The summed E-state index contributed by atoms with van der Waals surface area (Å²) < 4.78 is 11.3. The quantitative estimate of drug-likeness (QED) is 0.454. The molecule has 0 radical (unpaired) electrons. The molecule has 1 aliphatic rings. The van der Waals surface area contributed by atoms with E-state index in [1.807, 2.05) is 0 Å². The van der Waals surface area contributed by atoms with Crippen molar-refractivity contribution in [3.05, 3.63) is 59.7 Å². The summed E-state index contributed by atoms with van der Waals surface area (Å²) in [6.45, 7) is 7.62. The summed E-state index contributed by atoms with van der Waals surface area (Å²) in [5, 5.41) is 20.7. The van der Waals surface area contributed by atoms with E-state index in [9.17, 15) is 19.8 Å². The number of hydrogen-bond acceptors (Lipinski definition) is 8. The van der Waals surface area contributed by atoms with Crippen LogP contribution in [0.25, 0.3) is 0 Å². The molecule has 34 heavy (non-hydrogen) atoms. The van der Waals surface area contributed by atoms with Crippen molar-refractivity contribution in [1.82, 2.24) is 9.80 Å². The van der Waals surface area contributed by atoms with E-state index in [0.29, 0.717) is 35.7 Å². The van der Waals surface area contributed by atoms with Crippen molar-refractivity contribution < 1.29 is 29.3 Å². The van der Waals surface area contributed by atoms with E-state index in [2.05, 4.69) is 9.80 Å². The molecular formula is C26H34N2O6. The van der Waals surface area contributed by atoms with Crippen molar-refractivity contribution in [1.29, 1.82) is 0 Å². The van der Waals surface area contributed by atoms with Crippen LogP contribution >= 0.6 is 0 Å². The smallest absolute Gasteiger partial charge is 0.159 e. The first kappa shape index (κ1) is 25.8. The van der Waals surface area contributed by atoms with Crippen LogP contribution in [0.2, 0.25) is 0 Å². The van der Waals surface area contributed by atoms with Gasteiger partial charge in [-0.3, -0.25) is 19.4 Å². The Kier molecular flexibility index (Phi) is 9.59. The minimum Gasteiger partial charge on any atom is -0.491 e. The molecule has 1 saturated heterocycles. The molecule has 8 nitrogen and oxygen atoms in total. The largest absolute Gasteiger partial charge is 0.491 e. The number of hydrogen-bond donors (Lipinski definition) is 2. The number of carbonyl (C=O) groups is 2. The highest BCUT2D eigenvalue weighted by Crippen LogP contribution is 2.14. The molecule has 3 rings (SSSR count). The van der Waals surface area contributed by atoms with Crippen LogP contribution in [0, 0.1) is 0 Å². The van der Waals surface area contributed by atoms with Gasteiger partial charge in [0.15, 0.2) is 11.6 Å². The fourth-order valence-corrected chi connectivity index (χ4v) is 3.81. The average molecular weight is 471 g/mol. The second-order valence-electron chi connectivity index (χ2n) is 8.69. The van der Waals surface area contributed by atoms with Crippen molar-refractivity contribution >= 4 is 11.6 Å². The van der Waals surface area contributed by atoms with Crippen molar-refractivity contribution in [2.24, 2.45) is 0 Å². The first-order valence-corrected chi connectivity index (χ1v) is 11.6. The van der Waals surface area contributed by atoms with Gasteiger partial charge in [-0.1, -0.05) is 0 Å². The van der Waals surface area contributed by atoms with Gasteiger partial charge in [0.05, 0.1) is 0 Å². The fourth-order valence-electron chi connectivity index (χ4n) is 3.81. The molecule has 0 bridgehead atoms. The number of ether oxygens (including phenoxy) is 2. The molecule has 0 aromatic heterocycles. The van der Waals surface area contributed by atoms with E-state index in [4.69, 9.17) is 9.47 Å². The van der Waals surface area contributed by atoms with E-state index >= 15 is 0 Å². The summed E-state index contributed by atoms with van der Waals surface area (Å²) in [7, 11) is 0. The number of piperazine rings is 1. The van der Waals surface area contributed by atoms with Crippen molar-refractivity contribution in [2.75, 3.05) is 52.5 Å². The zero-order valence-electron chi connectivity index (χ0n) is 19.9. The Labute approximate surface area is 200 Å². The van der Waals surface area contributed by atoms with Crippen LogP contribution in [0.4, 0.5) is 0 Å². The molecule has 2 aromatic carbocycles. The maximum Gasteiger partial charge on any atom is 0.159 e. The minimum absolute atomic E-state index is 0.00575. The number of β-amino-alcohol motifs (C(OH)–C–C–N with tert-alkyl or cyclic N) is 2. The van der Waals surface area contributed by atoms with Crippen molar-refractivity contribution in [2.45, 2.75) is 26.1 Å². The lowest BCUT2D eigenvalue weighted by Crippen LogP contribution is -2.51. The average Bonchev–Trinajstić information content (AvgIpc) is 2.83. The fraction of sp³-hybridized carbons (Fsp3) is 0.462. The third kappa shape index (κ3) is 8.22. The molecule has 0 saturated carbocycles. The molecule has 184 valence electrons. The standard InChI is InChI=1S/C26H34N2O6/c1-19(29)21-3-7-25(8-4-21)33-17-23(31)15-27-11-13-28(14-12-27)16-24(32)18-34-26-9-5-22(6-10-26)20(2)30/h3-10,23-24,31-32H,11-18H2,1-2H3/t23-,24-/m1/s1. The third-order valence-electron chi connectivity index (χ3n) is 5.81. The van der Waals surface area contributed by atoms with Gasteiger partial charge in [-0.15, -0.1) is 0 Å². The van der Waals surface area contributed by atoms with Gasteiger partial charge < -0.3 is 19.7 Å². The maximum atomic E-state index is 11.3. The summed E-state index contributed by atoms with van der Waals surface area (Å²) >= 11 is 0. The van der Waals surface area contributed by atoms with Gasteiger partial charge in [-0.2, -0.15) is 0 Å². The van der Waals surface area contributed by atoms with Crippen LogP contribution in [0.15, 0.2) is 48.5 Å². The molecule has 0 spiro atoms. The molecule has 2 aromatic rings. The highest BCUT2D eigenvalue weighted by Gasteiger charge is 2.21. The van der Waals surface area contributed by atoms with Crippen LogP contribution in [0.5, 0.6) is 11.5 Å². The van der Waals surface area contributed by atoms with Gasteiger partial charge >= 0.3 is 0 Å².